The number of hydrogen-bond donors (Lipinski definition) is 2. The summed E-state index contributed by atoms with van der Waals surface area (Å²) in [5.41, 5.74) is 1.86. The number of nitrogens with zero attached hydrogens (tertiary/aromatic N) is 1. The molecule has 0 saturated carbocycles. The number of aromatic nitrogens is 2. The third-order valence-electron chi connectivity index (χ3n) is 3.35. The number of aliphatic hydroxyl groups is 1. The number of nitrogens with one attached hydrogen (secondary N) is 1. The molecule has 2 aromatic heterocycles. The van der Waals surface area contributed by atoms with Crippen molar-refractivity contribution in [2.75, 3.05) is 0 Å². The van der Waals surface area contributed by atoms with Crippen molar-refractivity contribution in [3.8, 4) is 0 Å². The molecular weight excluding hydrogens is 328 g/mol. The number of rotatable bonds is 5. The van der Waals surface area contributed by atoms with Crippen LogP contribution >= 0.6 is 23.4 Å². The number of benzene rings is 1. The molecule has 0 aliphatic rings. The second-order valence-electron chi connectivity index (χ2n) is 5.31. The van der Waals surface area contributed by atoms with E-state index in [1.165, 1.54) is 0 Å². The Morgan fingerprint density at radius 1 is 1.30 bits per heavy atom. The minimum atomic E-state index is -0.346. The number of halogens is 1. The zero-order chi connectivity index (χ0) is 16.2. The quantitative estimate of drug-likeness (QED) is 0.672. The molecule has 0 bridgehead atoms. The second kappa shape index (κ2) is 7.21. The lowest BCUT2D eigenvalue weighted by Crippen LogP contribution is -1.95. The van der Waals surface area contributed by atoms with E-state index in [0.717, 1.165) is 31.5 Å². The molecule has 5 heteroatoms. The Morgan fingerprint density at radius 3 is 2.83 bits per heavy atom. The molecule has 0 saturated heterocycles. The number of pyridine rings is 1. The van der Waals surface area contributed by atoms with Crippen LogP contribution in [0.25, 0.3) is 17.1 Å². The zero-order valence-corrected chi connectivity index (χ0v) is 14.2. The van der Waals surface area contributed by atoms with Gasteiger partial charge in [0.2, 0.25) is 0 Å². The highest BCUT2D eigenvalue weighted by atomic mass is 35.5. The van der Waals surface area contributed by atoms with Gasteiger partial charge in [0.1, 0.15) is 5.65 Å². The summed E-state index contributed by atoms with van der Waals surface area (Å²) < 4.78 is 0. The Kier molecular flexibility index (Phi) is 5.06. The normalized spacial score (nSPS) is 13.0. The van der Waals surface area contributed by atoms with Crippen molar-refractivity contribution in [3.05, 3.63) is 59.4 Å². The summed E-state index contributed by atoms with van der Waals surface area (Å²) in [4.78, 5) is 9.97. The van der Waals surface area contributed by atoms with Crippen molar-refractivity contribution in [1.82, 2.24) is 9.97 Å². The Balaban J connectivity index is 1.98. The fraction of sp³-hybridized carbons (Fsp3) is 0.167. The molecule has 3 aromatic rings. The van der Waals surface area contributed by atoms with Crippen LogP contribution in [0.3, 0.4) is 0 Å². The number of fused-ring (bicyclic) bond motifs is 1. The third-order valence-corrected chi connectivity index (χ3v) is 4.75. The minimum absolute atomic E-state index is 0.346. The van der Waals surface area contributed by atoms with E-state index < -0.39 is 0 Å². The lowest BCUT2D eigenvalue weighted by Gasteiger charge is -2.03. The van der Waals surface area contributed by atoms with E-state index in [2.05, 4.69) is 16.0 Å². The van der Waals surface area contributed by atoms with Gasteiger partial charge in [-0.05, 0) is 55.8 Å². The van der Waals surface area contributed by atoms with Crippen LogP contribution in [0.4, 0.5) is 0 Å². The van der Waals surface area contributed by atoms with Crippen LogP contribution in [0.15, 0.2) is 58.5 Å². The predicted molar refractivity (Wildman–Crippen MR) is 97.0 cm³/mol. The Bertz CT molecular complexity index is 825. The second-order valence-corrected chi connectivity index (χ2v) is 6.83. The van der Waals surface area contributed by atoms with Gasteiger partial charge >= 0.3 is 0 Å². The number of hydrogen-bond acceptors (Lipinski definition) is 3. The molecule has 1 aromatic carbocycles. The van der Waals surface area contributed by atoms with E-state index in [-0.39, 0.29) is 6.10 Å². The first-order valence-corrected chi connectivity index (χ1v) is 8.57. The van der Waals surface area contributed by atoms with Gasteiger partial charge in [0.25, 0.3) is 0 Å². The SMILES string of the molecule is CC(O)CC=Cc1[nH]c2ncccc2c1Sc1ccc(Cl)cc1. The van der Waals surface area contributed by atoms with Crippen LogP contribution in [0, 0.1) is 0 Å². The van der Waals surface area contributed by atoms with Gasteiger partial charge in [-0.15, -0.1) is 0 Å². The largest absolute Gasteiger partial charge is 0.393 e. The van der Waals surface area contributed by atoms with Crippen molar-refractivity contribution < 1.29 is 5.11 Å². The van der Waals surface area contributed by atoms with E-state index >= 15 is 0 Å². The topological polar surface area (TPSA) is 48.9 Å². The summed E-state index contributed by atoms with van der Waals surface area (Å²) >= 11 is 7.63. The van der Waals surface area contributed by atoms with Crippen LogP contribution in [-0.4, -0.2) is 21.2 Å². The molecule has 0 fully saturated rings. The average Bonchev–Trinajstić information content (AvgIpc) is 2.87. The number of H-pyrrole nitrogens is 1. The van der Waals surface area contributed by atoms with E-state index in [1.807, 2.05) is 42.5 Å². The van der Waals surface area contributed by atoms with Gasteiger partial charge in [-0.25, -0.2) is 4.98 Å². The highest BCUT2D eigenvalue weighted by Gasteiger charge is 2.11. The van der Waals surface area contributed by atoms with Gasteiger partial charge < -0.3 is 10.1 Å². The Labute approximate surface area is 144 Å². The van der Waals surface area contributed by atoms with Crippen molar-refractivity contribution in [2.24, 2.45) is 0 Å². The summed E-state index contributed by atoms with van der Waals surface area (Å²) in [6.07, 6.45) is 6.03. The summed E-state index contributed by atoms with van der Waals surface area (Å²) in [6, 6.07) is 11.8. The minimum Gasteiger partial charge on any atom is -0.393 e. The van der Waals surface area contributed by atoms with Crippen LogP contribution in [0.5, 0.6) is 0 Å². The fourth-order valence-corrected chi connectivity index (χ4v) is 3.39. The molecule has 3 nitrogen and oxygen atoms in total. The lowest BCUT2D eigenvalue weighted by atomic mass is 10.2. The molecule has 1 atom stereocenters. The first-order valence-electron chi connectivity index (χ1n) is 7.38. The van der Waals surface area contributed by atoms with Crippen molar-refractivity contribution in [1.29, 1.82) is 0 Å². The predicted octanol–water partition coefficient (Wildman–Crippen LogP) is 5.15. The average molecular weight is 345 g/mol. The van der Waals surface area contributed by atoms with E-state index in [4.69, 9.17) is 11.6 Å². The molecule has 3 rings (SSSR count). The molecule has 2 N–H and O–H groups in total. The molecule has 2 heterocycles. The van der Waals surface area contributed by atoms with E-state index in [1.54, 1.807) is 24.9 Å². The molecule has 0 radical (unpaired) electrons. The summed E-state index contributed by atoms with van der Waals surface area (Å²) in [7, 11) is 0. The highest BCUT2D eigenvalue weighted by molar-refractivity contribution is 7.99. The third kappa shape index (κ3) is 3.96. The summed E-state index contributed by atoms with van der Waals surface area (Å²) in [5, 5.41) is 11.2. The van der Waals surface area contributed by atoms with Crippen molar-refractivity contribution >= 4 is 40.5 Å². The van der Waals surface area contributed by atoms with E-state index in [0.29, 0.717) is 6.42 Å². The van der Waals surface area contributed by atoms with Crippen molar-refractivity contribution in [3.63, 3.8) is 0 Å². The van der Waals surface area contributed by atoms with Crippen LogP contribution in [-0.2, 0) is 0 Å². The fourth-order valence-electron chi connectivity index (χ4n) is 2.25. The molecule has 118 valence electrons. The standard InChI is InChI=1S/C18H17ClN2OS/c1-12(22)4-2-6-16-17(15-5-3-11-20-18(15)21-16)23-14-9-7-13(19)8-10-14/h2-3,5-12,22H,4H2,1H3,(H,20,21). The molecule has 0 amide bonds. The van der Waals surface area contributed by atoms with Gasteiger partial charge in [-0.1, -0.05) is 29.4 Å². The molecular formula is C18H17ClN2OS. The lowest BCUT2D eigenvalue weighted by molar-refractivity contribution is 0.199. The molecule has 0 spiro atoms. The molecule has 1 unspecified atom stereocenters. The smallest absolute Gasteiger partial charge is 0.138 e. The molecule has 23 heavy (non-hydrogen) atoms. The first-order chi connectivity index (χ1) is 11.1. The molecule has 0 aliphatic heterocycles. The molecule has 0 aliphatic carbocycles. The van der Waals surface area contributed by atoms with Gasteiger partial charge in [-0.2, -0.15) is 0 Å². The number of aliphatic hydroxyl groups excluding tert-OH is 1. The van der Waals surface area contributed by atoms with Crippen molar-refractivity contribution in [2.45, 2.75) is 29.2 Å². The van der Waals surface area contributed by atoms with Crippen LogP contribution < -0.4 is 0 Å². The van der Waals surface area contributed by atoms with Crippen LogP contribution in [0.1, 0.15) is 19.0 Å². The summed E-state index contributed by atoms with van der Waals surface area (Å²) in [6.45, 7) is 1.78. The van der Waals surface area contributed by atoms with E-state index in [9.17, 15) is 5.11 Å². The number of aromatic amines is 1. The van der Waals surface area contributed by atoms with Gasteiger partial charge in [-0.3, -0.25) is 0 Å². The maximum Gasteiger partial charge on any atom is 0.138 e. The van der Waals surface area contributed by atoms with Crippen LogP contribution in [0.2, 0.25) is 5.02 Å². The zero-order valence-electron chi connectivity index (χ0n) is 12.7. The maximum atomic E-state index is 9.41. The maximum absolute atomic E-state index is 9.41. The van der Waals surface area contributed by atoms with Gasteiger partial charge in [0.15, 0.2) is 0 Å². The highest BCUT2D eigenvalue weighted by Crippen LogP contribution is 2.37. The summed E-state index contributed by atoms with van der Waals surface area (Å²) in [5.74, 6) is 0. The van der Waals surface area contributed by atoms with Gasteiger partial charge in [0.05, 0.1) is 11.8 Å². The Morgan fingerprint density at radius 2 is 2.09 bits per heavy atom. The monoisotopic (exact) mass is 344 g/mol. The first kappa shape index (κ1) is 16.1. The Hall–Kier alpha value is -1.75. The van der Waals surface area contributed by atoms with Gasteiger partial charge in [0, 0.05) is 26.4 Å².